The van der Waals surface area contributed by atoms with Crippen molar-refractivity contribution in [2.75, 3.05) is 0 Å². The Bertz CT molecular complexity index is 2920. The summed E-state index contributed by atoms with van der Waals surface area (Å²) < 4.78 is 4.39. The van der Waals surface area contributed by atoms with Gasteiger partial charge in [0.2, 0.25) is 5.69 Å². The lowest BCUT2D eigenvalue weighted by atomic mass is 9.96. The predicted molar refractivity (Wildman–Crippen MR) is 202 cm³/mol. The average Bonchev–Trinajstić information content (AvgIpc) is 3.70. The minimum atomic E-state index is 0.548. The molecule has 0 aliphatic carbocycles. The van der Waals surface area contributed by atoms with Crippen LogP contribution < -0.4 is 0 Å². The van der Waals surface area contributed by atoms with E-state index < -0.39 is 0 Å². The van der Waals surface area contributed by atoms with Crippen molar-refractivity contribution in [1.82, 2.24) is 9.13 Å². The molecule has 9 rings (SSSR count). The quantitative estimate of drug-likeness (QED) is 0.181. The highest BCUT2D eigenvalue weighted by Gasteiger charge is 2.19. The molecule has 2 aromatic heterocycles. The van der Waals surface area contributed by atoms with Crippen LogP contribution >= 0.6 is 0 Å². The third-order valence-electron chi connectivity index (χ3n) is 9.55. The first-order valence-corrected chi connectivity index (χ1v) is 16.3. The first-order valence-electron chi connectivity index (χ1n) is 16.3. The zero-order valence-electron chi connectivity index (χ0n) is 26.7. The van der Waals surface area contributed by atoms with Gasteiger partial charge in [0, 0.05) is 27.4 Å². The molecule has 0 saturated heterocycles. The van der Waals surface area contributed by atoms with Gasteiger partial charge in [0.15, 0.2) is 0 Å². The van der Waals surface area contributed by atoms with E-state index >= 15 is 0 Å². The van der Waals surface area contributed by atoms with Crippen molar-refractivity contribution >= 4 is 49.3 Å². The van der Waals surface area contributed by atoms with Crippen molar-refractivity contribution in [2.24, 2.45) is 0 Å². The van der Waals surface area contributed by atoms with Gasteiger partial charge in [0.25, 0.3) is 0 Å². The Morgan fingerprint density at radius 3 is 1.90 bits per heavy atom. The molecule has 0 spiro atoms. The lowest BCUT2D eigenvalue weighted by Crippen LogP contribution is -1.98. The Labute approximate surface area is 288 Å². The zero-order chi connectivity index (χ0) is 33.8. The second kappa shape index (κ2) is 11.4. The predicted octanol–water partition coefficient (Wildman–Crippen LogP) is 11.5. The molecular weight excluding hydrogens is 611 g/mol. The fourth-order valence-corrected chi connectivity index (χ4v) is 7.41. The molecule has 50 heavy (non-hydrogen) atoms. The van der Waals surface area contributed by atoms with Gasteiger partial charge in [-0.3, -0.25) is 0 Å². The zero-order valence-corrected chi connectivity index (χ0v) is 26.7. The monoisotopic (exact) mass is 635 g/mol. The minimum absolute atomic E-state index is 0.548. The third-order valence-corrected chi connectivity index (χ3v) is 9.55. The van der Waals surface area contributed by atoms with Gasteiger partial charge in [0.1, 0.15) is 0 Å². The summed E-state index contributed by atoms with van der Waals surface area (Å²) in [7, 11) is 0. The van der Waals surface area contributed by atoms with E-state index in [4.69, 9.17) is 6.57 Å². The van der Waals surface area contributed by atoms with Gasteiger partial charge in [-0.15, -0.1) is 0 Å². The lowest BCUT2D eigenvalue weighted by Gasteiger charge is -2.16. The fourth-order valence-electron chi connectivity index (χ4n) is 7.41. The van der Waals surface area contributed by atoms with Crippen LogP contribution in [0.3, 0.4) is 0 Å². The second-order valence-corrected chi connectivity index (χ2v) is 12.3. The molecule has 0 unspecified atom stereocenters. The highest BCUT2D eigenvalue weighted by molar-refractivity contribution is 6.14. The molecule has 0 fully saturated rings. The van der Waals surface area contributed by atoms with Crippen molar-refractivity contribution < 1.29 is 0 Å². The highest BCUT2D eigenvalue weighted by Crippen LogP contribution is 2.41. The Morgan fingerprint density at radius 1 is 0.480 bits per heavy atom. The molecule has 0 aliphatic rings. The lowest BCUT2D eigenvalue weighted by molar-refractivity contribution is 1.18. The van der Waals surface area contributed by atoms with Gasteiger partial charge in [-0.2, -0.15) is 10.5 Å². The van der Waals surface area contributed by atoms with E-state index in [1.54, 1.807) is 0 Å². The minimum Gasteiger partial charge on any atom is -0.318 e. The molecule has 0 atom stereocenters. The summed E-state index contributed by atoms with van der Waals surface area (Å²) in [5, 5.41) is 24.1. The molecule has 0 amide bonds. The molecule has 5 heteroatoms. The molecule has 5 nitrogen and oxygen atoms in total. The fraction of sp³-hybridized carbons (Fsp3) is 0. The summed E-state index contributed by atoms with van der Waals surface area (Å²) in [6.45, 7) is 8.00. The summed E-state index contributed by atoms with van der Waals surface area (Å²) in [6, 6.07) is 55.6. The van der Waals surface area contributed by atoms with Crippen molar-refractivity contribution in [2.45, 2.75) is 0 Å². The Morgan fingerprint density at radius 2 is 1.14 bits per heavy atom. The smallest absolute Gasteiger partial charge is 0.211 e. The number of hydrogen-bond donors (Lipinski definition) is 0. The van der Waals surface area contributed by atoms with Gasteiger partial charge in [-0.1, -0.05) is 91.0 Å². The van der Waals surface area contributed by atoms with Crippen molar-refractivity contribution in [1.29, 1.82) is 10.5 Å². The number of aromatic nitrogens is 2. The topological polar surface area (TPSA) is 61.8 Å². The number of fused-ring (bicyclic) bond motifs is 6. The second-order valence-electron chi connectivity index (χ2n) is 12.3. The number of nitrogens with zero attached hydrogens (tertiary/aromatic N) is 5. The molecule has 7 aromatic carbocycles. The number of para-hydroxylation sites is 4. The van der Waals surface area contributed by atoms with Crippen molar-refractivity contribution in [3.63, 3.8) is 0 Å². The Hall–Kier alpha value is -7.39. The standard InChI is InChI=1S/C45H25N5/c1-48-40-16-9-15-38-39-24-29(27-46)20-21-44(39)50(45(38)40)41-17-5-2-12-35(41)32-11-8-10-31(25-32)33-22-30(28-47)23-34(26-33)49-42-18-6-3-13-36(42)37-14-4-7-19-43(37)49/h2-26H. The summed E-state index contributed by atoms with van der Waals surface area (Å²) in [4.78, 5) is 3.90. The molecule has 0 saturated carbocycles. The van der Waals surface area contributed by atoms with Gasteiger partial charge < -0.3 is 9.13 Å². The van der Waals surface area contributed by atoms with Crippen LogP contribution in [0.5, 0.6) is 0 Å². The van der Waals surface area contributed by atoms with Crippen LogP contribution in [0.25, 0.3) is 82.1 Å². The van der Waals surface area contributed by atoms with Crippen LogP contribution in [-0.4, -0.2) is 9.13 Å². The van der Waals surface area contributed by atoms with E-state index in [9.17, 15) is 10.5 Å². The molecular formula is C45H25N5. The van der Waals surface area contributed by atoms with Crippen LogP contribution in [0, 0.1) is 29.2 Å². The first kappa shape index (κ1) is 28.8. The van der Waals surface area contributed by atoms with E-state index in [0.29, 0.717) is 16.8 Å². The van der Waals surface area contributed by atoms with Gasteiger partial charge in [-0.25, -0.2) is 4.85 Å². The van der Waals surface area contributed by atoms with Gasteiger partial charge in [-0.05, 0) is 82.7 Å². The van der Waals surface area contributed by atoms with Crippen LogP contribution in [0.1, 0.15) is 11.1 Å². The van der Waals surface area contributed by atoms with Gasteiger partial charge in [0.05, 0.1) is 57.6 Å². The van der Waals surface area contributed by atoms with E-state index in [1.807, 2.05) is 72.8 Å². The highest BCUT2D eigenvalue weighted by atomic mass is 15.0. The average molecular weight is 636 g/mol. The summed E-state index contributed by atoms with van der Waals surface area (Å²) in [5.41, 5.74) is 11.4. The summed E-state index contributed by atoms with van der Waals surface area (Å²) >= 11 is 0. The summed E-state index contributed by atoms with van der Waals surface area (Å²) in [6.07, 6.45) is 0. The maximum atomic E-state index is 10.2. The summed E-state index contributed by atoms with van der Waals surface area (Å²) in [5.74, 6) is 0. The number of rotatable bonds is 4. The molecule has 2 heterocycles. The van der Waals surface area contributed by atoms with E-state index in [-0.39, 0.29) is 0 Å². The molecule has 0 bridgehead atoms. The number of nitriles is 2. The number of benzene rings is 7. The van der Waals surface area contributed by atoms with Crippen LogP contribution in [0.4, 0.5) is 5.69 Å². The van der Waals surface area contributed by atoms with Crippen LogP contribution in [-0.2, 0) is 0 Å². The molecule has 230 valence electrons. The SMILES string of the molecule is [C-]#[N+]c1cccc2c3cc(C#N)ccc3n(-c3ccccc3-c3cccc(-c4cc(C#N)cc(-n5c6ccccc6c6ccccc65)c4)c3)c12. The Balaban J connectivity index is 1.24. The van der Waals surface area contributed by atoms with Crippen molar-refractivity contribution in [3.8, 4) is 45.8 Å². The number of hydrogen-bond acceptors (Lipinski definition) is 2. The Kier molecular flexibility index (Phi) is 6.56. The van der Waals surface area contributed by atoms with Crippen LogP contribution in [0.15, 0.2) is 152 Å². The van der Waals surface area contributed by atoms with E-state index in [0.717, 1.165) is 66.5 Å². The third kappa shape index (κ3) is 4.38. The van der Waals surface area contributed by atoms with E-state index in [2.05, 4.69) is 105 Å². The van der Waals surface area contributed by atoms with Crippen LogP contribution in [0.2, 0.25) is 0 Å². The largest absolute Gasteiger partial charge is 0.318 e. The van der Waals surface area contributed by atoms with E-state index in [1.165, 1.54) is 10.8 Å². The molecule has 0 N–H and O–H groups in total. The maximum Gasteiger partial charge on any atom is 0.211 e. The first-order chi connectivity index (χ1) is 24.7. The van der Waals surface area contributed by atoms with Gasteiger partial charge >= 0.3 is 0 Å². The molecule has 0 aliphatic heterocycles. The normalized spacial score (nSPS) is 11.1. The maximum absolute atomic E-state index is 10.2. The van der Waals surface area contributed by atoms with Crippen molar-refractivity contribution in [3.05, 3.63) is 174 Å². The molecule has 9 aromatic rings. The molecule has 0 radical (unpaired) electrons.